The molecule has 1 aliphatic rings. The highest BCUT2D eigenvalue weighted by Gasteiger charge is 2.35. The average molecular weight is 571 g/mol. The molecule has 2 aromatic rings. The minimum atomic E-state index is -1.06. The third-order valence-corrected chi connectivity index (χ3v) is 7.13. The molecule has 1 amide bonds. The number of amides is 1. The van der Waals surface area contributed by atoms with E-state index in [1.165, 1.54) is 24.9 Å². The smallest absolute Gasteiger partial charge is 0.331 e. The molecule has 10 nitrogen and oxygen atoms in total. The van der Waals surface area contributed by atoms with Crippen LogP contribution >= 0.6 is 0 Å². The number of pyridine rings is 1. The number of carbonyl (C=O) groups is 3. The molecule has 2 heterocycles. The second kappa shape index (κ2) is 16.0. The number of carbonyl (C=O) groups excluding carboxylic acids is 3. The molecule has 4 atom stereocenters. The lowest BCUT2D eigenvalue weighted by atomic mass is 9.81. The highest BCUT2D eigenvalue weighted by atomic mass is 16.7. The second-order valence-corrected chi connectivity index (χ2v) is 10.5. The highest BCUT2D eigenvalue weighted by Crippen LogP contribution is 2.31. The van der Waals surface area contributed by atoms with Crippen molar-refractivity contribution in [3.63, 3.8) is 0 Å². The number of hydrogen-bond acceptors (Lipinski definition) is 9. The summed E-state index contributed by atoms with van der Waals surface area (Å²) in [5.41, 5.74) is 1.06. The maximum atomic E-state index is 13.3. The number of cyclic esters (lactones) is 1. The fourth-order valence-electron chi connectivity index (χ4n) is 4.84. The number of hydrogen-bond donors (Lipinski definition) is 1. The van der Waals surface area contributed by atoms with E-state index in [2.05, 4.69) is 29.4 Å². The topological polar surface area (TPSA) is 122 Å². The molecule has 0 unspecified atom stereocenters. The molecule has 1 N–H and O–H groups in total. The Bertz CT molecular complexity index is 1140. The van der Waals surface area contributed by atoms with E-state index >= 15 is 0 Å². The lowest BCUT2D eigenvalue weighted by Crippen LogP contribution is -2.46. The summed E-state index contributed by atoms with van der Waals surface area (Å²) in [6.45, 7) is 7.36. The number of nitrogens with zero attached hydrogens (tertiary/aromatic N) is 1. The summed E-state index contributed by atoms with van der Waals surface area (Å²) in [4.78, 5) is 42.6. The van der Waals surface area contributed by atoms with Crippen molar-refractivity contribution in [3.8, 4) is 11.5 Å². The lowest BCUT2D eigenvalue weighted by molar-refractivity contribution is -0.155. The van der Waals surface area contributed by atoms with Gasteiger partial charge in [0.15, 0.2) is 23.2 Å². The number of unbranched alkanes of at least 4 members (excludes halogenated alkanes) is 1. The Morgan fingerprint density at radius 2 is 1.90 bits per heavy atom. The number of ether oxygens (including phenoxy) is 5. The summed E-state index contributed by atoms with van der Waals surface area (Å²) < 4.78 is 28.0. The number of rotatable bonds is 12. The Hall–Kier alpha value is -3.66. The Morgan fingerprint density at radius 3 is 2.59 bits per heavy atom. The molecule has 10 heteroatoms. The Labute approximate surface area is 242 Å². The summed E-state index contributed by atoms with van der Waals surface area (Å²) in [5.74, 6) is -1.63. The van der Waals surface area contributed by atoms with E-state index in [1.807, 2.05) is 25.1 Å². The number of methoxy groups -OCH3 is 1. The van der Waals surface area contributed by atoms with Crippen LogP contribution in [-0.2, 0) is 30.2 Å². The van der Waals surface area contributed by atoms with Crippen LogP contribution in [0, 0.1) is 17.8 Å². The molecular formula is C31H42N2O8. The van der Waals surface area contributed by atoms with Gasteiger partial charge in [-0.3, -0.25) is 9.59 Å². The third-order valence-electron chi connectivity index (χ3n) is 7.13. The van der Waals surface area contributed by atoms with Gasteiger partial charge < -0.3 is 29.0 Å². The van der Waals surface area contributed by atoms with Crippen LogP contribution in [0.25, 0.3) is 0 Å². The molecule has 0 spiro atoms. The highest BCUT2D eigenvalue weighted by molar-refractivity contribution is 5.98. The fourth-order valence-corrected chi connectivity index (χ4v) is 4.84. The van der Waals surface area contributed by atoms with E-state index in [1.54, 1.807) is 13.8 Å². The van der Waals surface area contributed by atoms with Crippen LogP contribution in [0.4, 0.5) is 0 Å². The van der Waals surface area contributed by atoms with Gasteiger partial charge in [0.05, 0.1) is 26.2 Å². The molecular weight excluding hydrogens is 528 g/mol. The fraction of sp³-hybridized carbons (Fsp3) is 0.548. The molecule has 0 saturated carbocycles. The summed E-state index contributed by atoms with van der Waals surface area (Å²) in [6.07, 6.45) is 4.75. The zero-order valence-electron chi connectivity index (χ0n) is 24.6. The largest absolute Gasteiger partial charge is 0.493 e. The van der Waals surface area contributed by atoms with Crippen LogP contribution in [0.15, 0.2) is 42.6 Å². The van der Waals surface area contributed by atoms with E-state index in [0.29, 0.717) is 6.61 Å². The van der Waals surface area contributed by atoms with Crippen LogP contribution in [0.5, 0.6) is 11.5 Å². The van der Waals surface area contributed by atoms with Crippen molar-refractivity contribution in [2.75, 3.05) is 27.1 Å². The molecule has 0 radical (unpaired) electrons. The summed E-state index contributed by atoms with van der Waals surface area (Å²) in [6, 6.07) is 10.6. The zero-order valence-corrected chi connectivity index (χ0v) is 24.6. The number of aromatic nitrogens is 1. The van der Waals surface area contributed by atoms with Gasteiger partial charge in [-0.1, -0.05) is 63.9 Å². The van der Waals surface area contributed by atoms with Crippen LogP contribution in [0.1, 0.15) is 63.0 Å². The number of esters is 2. The van der Waals surface area contributed by atoms with Gasteiger partial charge in [0, 0.05) is 18.2 Å². The maximum Gasteiger partial charge on any atom is 0.331 e. The molecule has 224 valence electrons. The van der Waals surface area contributed by atoms with E-state index in [0.717, 1.165) is 25.7 Å². The summed E-state index contributed by atoms with van der Waals surface area (Å²) >= 11 is 0. The predicted molar refractivity (Wildman–Crippen MR) is 151 cm³/mol. The molecule has 0 aliphatic carbocycles. The van der Waals surface area contributed by atoms with Gasteiger partial charge in [0.2, 0.25) is 6.79 Å². The minimum Gasteiger partial charge on any atom is -0.493 e. The van der Waals surface area contributed by atoms with Crippen LogP contribution < -0.4 is 14.8 Å². The number of nitrogens with one attached hydrogen (secondary N) is 1. The van der Waals surface area contributed by atoms with E-state index in [9.17, 15) is 14.4 Å². The van der Waals surface area contributed by atoms with Crippen LogP contribution in [0.2, 0.25) is 0 Å². The first kappa shape index (κ1) is 31.9. The standard InChI is InChI=1S/C31H42N2O8/c1-6-7-13-24-21(4)41-31(36)25(18-38-17-23(24)16-22-11-9-8-10-12-22)33-29(34)27-28(26(37-5)14-15-32-27)39-19-40-30(35)20(2)3/h8-12,14-15,20-21,23-25H,6-7,13,16-19H2,1-5H3,(H,33,34)/t21-,23-,24-,25-/m0/s1. The van der Waals surface area contributed by atoms with E-state index in [4.69, 9.17) is 23.7 Å². The first-order valence-corrected chi connectivity index (χ1v) is 14.2. The van der Waals surface area contributed by atoms with Crippen molar-refractivity contribution in [1.82, 2.24) is 10.3 Å². The predicted octanol–water partition coefficient (Wildman–Crippen LogP) is 4.35. The Morgan fingerprint density at radius 1 is 1.15 bits per heavy atom. The van der Waals surface area contributed by atoms with Crippen molar-refractivity contribution < 1.29 is 38.1 Å². The van der Waals surface area contributed by atoms with Crippen LogP contribution in [-0.4, -0.2) is 62.1 Å². The van der Waals surface area contributed by atoms with E-state index in [-0.39, 0.29) is 47.7 Å². The first-order valence-electron chi connectivity index (χ1n) is 14.2. The van der Waals surface area contributed by atoms with Gasteiger partial charge >= 0.3 is 11.9 Å². The Balaban J connectivity index is 1.76. The second-order valence-electron chi connectivity index (χ2n) is 10.5. The molecule has 1 fully saturated rings. The average Bonchev–Trinajstić information content (AvgIpc) is 3.01. The van der Waals surface area contributed by atoms with Gasteiger partial charge in [-0.2, -0.15) is 0 Å². The molecule has 41 heavy (non-hydrogen) atoms. The summed E-state index contributed by atoms with van der Waals surface area (Å²) in [7, 11) is 1.41. The van der Waals surface area contributed by atoms with Crippen molar-refractivity contribution in [1.29, 1.82) is 0 Å². The molecule has 1 aromatic carbocycles. The maximum absolute atomic E-state index is 13.3. The quantitative estimate of drug-likeness (QED) is 0.293. The third kappa shape index (κ3) is 9.18. The van der Waals surface area contributed by atoms with Crippen molar-refractivity contribution >= 4 is 17.8 Å². The van der Waals surface area contributed by atoms with Crippen molar-refractivity contribution in [2.24, 2.45) is 17.8 Å². The lowest BCUT2D eigenvalue weighted by Gasteiger charge is -2.31. The zero-order chi connectivity index (χ0) is 29.8. The van der Waals surface area contributed by atoms with Gasteiger partial charge in [-0.25, -0.2) is 9.78 Å². The molecule has 3 rings (SSSR count). The Kier molecular flexibility index (Phi) is 12.4. The molecule has 1 saturated heterocycles. The van der Waals surface area contributed by atoms with Crippen LogP contribution in [0.3, 0.4) is 0 Å². The summed E-state index contributed by atoms with van der Waals surface area (Å²) in [5, 5.41) is 2.69. The molecule has 1 aliphatic heterocycles. The first-order chi connectivity index (χ1) is 19.7. The number of benzene rings is 1. The van der Waals surface area contributed by atoms with Gasteiger partial charge in [0.1, 0.15) is 6.10 Å². The monoisotopic (exact) mass is 570 g/mol. The SMILES string of the molecule is CCCC[C@@H]1[C@@H](Cc2ccccc2)COC[C@H](NC(=O)c2nccc(OC)c2OCOC(=O)C(C)C)C(=O)O[C@H]1C. The molecule has 0 bridgehead atoms. The molecule has 1 aromatic heterocycles. The van der Waals surface area contributed by atoms with Gasteiger partial charge in [0.25, 0.3) is 5.91 Å². The normalized spacial score (nSPS) is 21.2. The minimum absolute atomic E-state index is 0.0164. The van der Waals surface area contributed by atoms with Gasteiger partial charge in [-0.05, 0) is 31.2 Å². The van der Waals surface area contributed by atoms with Crippen molar-refractivity contribution in [2.45, 2.75) is 65.5 Å². The van der Waals surface area contributed by atoms with E-state index < -0.39 is 30.7 Å². The van der Waals surface area contributed by atoms with Gasteiger partial charge in [-0.15, -0.1) is 0 Å². The van der Waals surface area contributed by atoms with Crippen molar-refractivity contribution in [3.05, 3.63) is 53.9 Å².